The van der Waals surface area contributed by atoms with Crippen molar-refractivity contribution in [2.24, 2.45) is 7.05 Å². The van der Waals surface area contributed by atoms with E-state index in [4.69, 9.17) is 4.74 Å². The van der Waals surface area contributed by atoms with E-state index in [9.17, 15) is 14.4 Å². The number of anilines is 1. The summed E-state index contributed by atoms with van der Waals surface area (Å²) in [5, 5.41) is 2.80. The molecule has 2 aliphatic rings. The van der Waals surface area contributed by atoms with E-state index in [0.29, 0.717) is 28.5 Å². The van der Waals surface area contributed by atoms with Crippen LogP contribution in [-0.2, 0) is 29.7 Å². The number of aryl methyl sites for hydroxylation is 1. The largest absolute Gasteiger partial charge is 0.497 e. The first-order chi connectivity index (χ1) is 12.9. The fourth-order valence-electron chi connectivity index (χ4n) is 3.69. The third-order valence-corrected chi connectivity index (χ3v) is 5.29. The lowest BCUT2D eigenvalue weighted by Gasteiger charge is -2.28. The molecule has 2 amide bonds. The van der Waals surface area contributed by atoms with Gasteiger partial charge in [-0.25, -0.2) is 4.98 Å². The molecule has 3 heterocycles. The quantitative estimate of drug-likeness (QED) is 0.856. The van der Waals surface area contributed by atoms with Crippen LogP contribution in [0.3, 0.4) is 0 Å². The number of benzene rings is 1. The van der Waals surface area contributed by atoms with E-state index in [0.717, 1.165) is 5.56 Å². The van der Waals surface area contributed by atoms with Crippen molar-refractivity contribution in [1.29, 1.82) is 0 Å². The zero-order valence-electron chi connectivity index (χ0n) is 15.4. The van der Waals surface area contributed by atoms with E-state index < -0.39 is 5.92 Å². The summed E-state index contributed by atoms with van der Waals surface area (Å²) in [5.74, 6) is 0.242. The molecule has 4 rings (SSSR count). The molecule has 2 aliphatic heterocycles. The Morgan fingerprint density at radius 2 is 2.07 bits per heavy atom. The molecule has 27 heavy (non-hydrogen) atoms. The molecule has 0 unspecified atom stereocenters. The number of nitrogens with one attached hydrogen (secondary N) is 1. The zero-order valence-corrected chi connectivity index (χ0v) is 15.4. The van der Waals surface area contributed by atoms with E-state index in [1.807, 2.05) is 0 Å². The summed E-state index contributed by atoms with van der Waals surface area (Å²) in [6.45, 7) is 2.26. The van der Waals surface area contributed by atoms with Crippen LogP contribution in [0.15, 0.2) is 23.0 Å². The van der Waals surface area contributed by atoms with Crippen LogP contribution in [0.2, 0.25) is 0 Å². The maximum atomic E-state index is 13.2. The molecule has 0 aliphatic carbocycles. The van der Waals surface area contributed by atoms with Gasteiger partial charge in [0.05, 0.1) is 37.4 Å². The average molecular weight is 368 g/mol. The van der Waals surface area contributed by atoms with Gasteiger partial charge < -0.3 is 15.0 Å². The number of rotatable bonds is 2. The van der Waals surface area contributed by atoms with Crippen LogP contribution >= 0.6 is 0 Å². The molecule has 1 aromatic carbocycles. The summed E-state index contributed by atoms with van der Waals surface area (Å²) in [6.07, 6.45) is 0.0658. The van der Waals surface area contributed by atoms with Crippen molar-refractivity contribution in [3.63, 3.8) is 0 Å². The molecule has 1 atom stereocenters. The highest BCUT2D eigenvalue weighted by atomic mass is 16.5. The number of amides is 2. The van der Waals surface area contributed by atoms with Crippen LogP contribution in [0, 0.1) is 6.92 Å². The monoisotopic (exact) mass is 368 g/mol. The predicted octanol–water partition coefficient (Wildman–Crippen LogP) is 1.07. The number of carbonyl (C=O) groups excluding carboxylic acids is 2. The molecule has 2 aromatic rings. The van der Waals surface area contributed by atoms with Gasteiger partial charge in [-0.05, 0) is 30.7 Å². The van der Waals surface area contributed by atoms with Crippen molar-refractivity contribution >= 4 is 17.5 Å². The van der Waals surface area contributed by atoms with Crippen molar-refractivity contribution < 1.29 is 14.3 Å². The SMILES string of the molecule is COc1ccc2c(c1)[C@H](C(=O)N1Cc3nc(C)n(C)c(=O)c3C1)CC(=O)N2. The molecule has 1 aromatic heterocycles. The summed E-state index contributed by atoms with van der Waals surface area (Å²) < 4.78 is 6.75. The van der Waals surface area contributed by atoms with Gasteiger partial charge in [-0.1, -0.05) is 0 Å². The predicted molar refractivity (Wildman–Crippen MR) is 97.5 cm³/mol. The van der Waals surface area contributed by atoms with Gasteiger partial charge in [0.1, 0.15) is 11.6 Å². The summed E-state index contributed by atoms with van der Waals surface area (Å²) in [7, 11) is 3.23. The number of carbonyl (C=O) groups is 2. The minimum absolute atomic E-state index is 0.0658. The van der Waals surface area contributed by atoms with Crippen LogP contribution in [0.5, 0.6) is 5.75 Å². The van der Waals surface area contributed by atoms with Crippen LogP contribution in [0.25, 0.3) is 0 Å². The number of aromatic nitrogens is 2. The normalized spacial score (nSPS) is 18.0. The molecule has 8 heteroatoms. The van der Waals surface area contributed by atoms with Crippen LogP contribution in [-0.4, -0.2) is 33.4 Å². The molecule has 1 N–H and O–H groups in total. The van der Waals surface area contributed by atoms with E-state index >= 15 is 0 Å². The van der Waals surface area contributed by atoms with Crippen molar-refractivity contribution in [3.8, 4) is 5.75 Å². The fourth-order valence-corrected chi connectivity index (χ4v) is 3.69. The summed E-state index contributed by atoms with van der Waals surface area (Å²) >= 11 is 0. The average Bonchev–Trinajstić information content (AvgIpc) is 3.08. The minimum Gasteiger partial charge on any atom is -0.497 e. The summed E-state index contributed by atoms with van der Waals surface area (Å²) in [5.41, 5.74) is 2.40. The molecule has 0 radical (unpaired) electrons. The van der Waals surface area contributed by atoms with E-state index in [-0.39, 0.29) is 36.9 Å². The smallest absolute Gasteiger partial charge is 0.258 e. The zero-order chi connectivity index (χ0) is 19.3. The Labute approximate surface area is 155 Å². The Kier molecular flexibility index (Phi) is 3.98. The van der Waals surface area contributed by atoms with Gasteiger partial charge in [-0.3, -0.25) is 19.0 Å². The van der Waals surface area contributed by atoms with Gasteiger partial charge in [0.25, 0.3) is 5.56 Å². The molecule has 0 spiro atoms. The number of methoxy groups -OCH3 is 1. The van der Waals surface area contributed by atoms with Gasteiger partial charge in [0, 0.05) is 19.2 Å². The van der Waals surface area contributed by atoms with Crippen molar-refractivity contribution in [1.82, 2.24) is 14.5 Å². The number of hydrogen-bond acceptors (Lipinski definition) is 5. The Hall–Kier alpha value is -3.16. The topological polar surface area (TPSA) is 93.5 Å². The molecule has 0 saturated heterocycles. The summed E-state index contributed by atoms with van der Waals surface area (Å²) in [4.78, 5) is 43.8. The van der Waals surface area contributed by atoms with Crippen molar-refractivity contribution in [2.75, 3.05) is 12.4 Å². The van der Waals surface area contributed by atoms with E-state index in [2.05, 4.69) is 10.3 Å². The summed E-state index contributed by atoms with van der Waals surface area (Å²) in [6, 6.07) is 5.26. The highest BCUT2D eigenvalue weighted by molar-refractivity contribution is 6.01. The minimum atomic E-state index is -0.608. The first-order valence-corrected chi connectivity index (χ1v) is 8.71. The Balaban J connectivity index is 1.68. The van der Waals surface area contributed by atoms with Gasteiger partial charge in [0.15, 0.2) is 0 Å². The second kappa shape index (κ2) is 6.22. The Morgan fingerprint density at radius 3 is 2.81 bits per heavy atom. The standard InChI is InChI=1S/C19H20N4O4/c1-10-20-16-9-23(8-14(16)18(25)22(10)2)19(26)13-7-17(24)21-15-5-4-11(27-3)6-12(13)15/h4-6,13H,7-9H2,1-3H3,(H,21,24)/t13-/m1/s1. The lowest BCUT2D eigenvalue weighted by atomic mass is 9.89. The Morgan fingerprint density at radius 1 is 1.30 bits per heavy atom. The lowest BCUT2D eigenvalue weighted by molar-refractivity contribution is -0.135. The van der Waals surface area contributed by atoms with Gasteiger partial charge >= 0.3 is 0 Å². The molecule has 0 saturated carbocycles. The highest BCUT2D eigenvalue weighted by Crippen LogP contribution is 2.37. The lowest BCUT2D eigenvalue weighted by Crippen LogP contribution is -2.36. The number of nitrogens with zero attached hydrogens (tertiary/aromatic N) is 3. The second-order valence-electron chi connectivity index (χ2n) is 6.90. The number of ether oxygens (including phenoxy) is 1. The molecular weight excluding hydrogens is 348 g/mol. The maximum Gasteiger partial charge on any atom is 0.258 e. The highest BCUT2D eigenvalue weighted by Gasteiger charge is 2.37. The molecule has 0 bridgehead atoms. The van der Waals surface area contributed by atoms with Crippen molar-refractivity contribution in [3.05, 3.63) is 51.2 Å². The number of hydrogen-bond donors (Lipinski definition) is 1. The Bertz CT molecular complexity index is 1030. The second-order valence-corrected chi connectivity index (χ2v) is 6.90. The molecule has 140 valence electrons. The van der Waals surface area contributed by atoms with Crippen LogP contribution < -0.4 is 15.6 Å². The van der Waals surface area contributed by atoms with Crippen LogP contribution in [0.1, 0.15) is 35.0 Å². The molecule has 8 nitrogen and oxygen atoms in total. The molecule has 0 fully saturated rings. The number of fused-ring (bicyclic) bond motifs is 2. The first kappa shape index (κ1) is 17.3. The van der Waals surface area contributed by atoms with Gasteiger partial charge in [-0.15, -0.1) is 0 Å². The first-order valence-electron chi connectivity index (χ1n) is 8.71. The fraction of sp³-hybridized carbons (Fsp3) is 0.368. The third-order valence-electron chi connectivity index (χ3n) is 5.29. The van der Waals surface area contributed by atoms with E-state index in [1.165, 1.54) is 4.57 Å². The van der Waals surface area contributed by atoms with Gasteiger partial charge in [0.2, 0.25) is 11.8 Å². The maximum absolute atomic E-state index is 13.2. The third kappa shape index (κ3) is 2.77. The van der Waals surface area contributed by atoms with Crippen LogP contribution in [0.4, 0.5) is 5.69 Å². The van der Waals surface area contributed by atoms with Gasteiger partial charge in [-0.2, -0.15) is 0 Å². The van der Waals surface area contributed by atoms with E-state index in [1.54, 1.807) is 44.2 Å². The molecular formula is C19H20N4O4. The van der Waals surface area contributed by atoms with Crippen molar-refractivity contribution in [2.45, 2.75) is 32.4 Å².